The molecule has 2 aromatic rings. The number of hydrogen-bond acceptors (Lipinski definition) is 2. The zero-order valence-corrected chi connectivity index (χ0v) is 13.5. The number of nitrogens with zero attached hydrogens (tertiary/aromatic N) is 1. The van der Waals surface area contributed by atoms with Crippen molar-refractivity contribution in [2.75, 3.05) is 13.1 Å². The molecule has 22 heavy (non-hydrogen) atoms. The van der Waals surface area contributed by atoms with E-state index in [1.54, 1.807) is 0 Å². The van der Waals surface area contributed by atoms with Gasteiger partial charge in [0.25, 0.3) is 5.91 Å². The summed E-state index contributed by atoms with van der Waals surface area (Å²) in [6.45, 7) is 7.66. The first-order valence-corrected chi connectivity index (χ1v) is 7.73. The molecule has 0 aromatic heterocycles. The highest BCUT2D eigenvalue weighted by Crippen LogP contribution is 2.26. The van der Waals surface area contributed by atoms with Crippen molar-refractivity contribution >= 4 is 5.91 Å². The molecule has 0 saturated heterocycles. The van der Waals surface area contributed by atoms with Gasteiger partial charge in [-0.15, -0.1) is 0 Å². The number of para-hydroxylation sites is 2. The Bertz CT molecular complexity index is 608. The van der Waals surface area contributed by atoms with Gasteiger partial charge in [-0.25, -0.2) is 0 Å². The monoisotopic (exact) mass is 297 g/mol. The Labute approximate surface area is 132 Å². The van der Waals surface area contributed by atoms with Crippen LogP contribution in [0.15, 0.2) is 54.6 Å². The maximum Gasteiger partial charge on any atom is 0.257 e. The van der Waals surface area contributed by atoms with Crippen molar-refractivity contribution in [2.45, 2.75) is 20.8 Å². The number of hydrogen-bond donors (Lipinski definition) is 0. The molecule has 0 radical (unpaired) electrons. The zero-order chi connectivity index (χ0) is 15.9. The van der Waals surface area contributed by atoms with Crippen LogP contribution in [-0.4, -0.2) is 23.9 Å². The third-order valence-electron chi connectivity index (χ3n) is 3.34. The van der Waals surface area contributed by atoms with Gasteiger partial charge in [0.2, 0.25) is 0 Å². The van der Waals surface area contributed by atoms with Crippen LogP contribution in [-0.2, 0) is 0 Å². The van der Waals surface area contributed by atoms with Gasteiger partial charge in [-0.2, -0.15) is 0 Å². The molecule has 0 heterocycles. The molecule has 116 valence electrons. The van der Waals surface area contributed by atoms with Gasteiger partial charge >= 0.3 is 0 Å². The lowest BCUT2D eigenvalue weighted by molar-refractivity contribution is 0.0743. The summed E-state index contributed by atoms with van der Waals surface area (Å²) in [6.07, 6.45) is 0. The van der Waals surface area contributed by atoms with Gasteiger partial charge in [-0.1, -0.05) is 44.2 Å². The summed E-state index contributed by atoms with van der Waals surface area (Å²) in [7, 11) is 0. The minimum absolute atomic E-state index is 0.0164. The summed E-state index contributed by atoms with van der Waals surface area (Å²) >= 11 is 0. The van der Waals surface area contributed by atoms with Crippen molar-refractivity contribution in [2.24, 2.45) is 5.92 Å². The van der Waals surface area contributed by atoms with Crippen molar-refractivity contribution in [1.29, 1.82) is 0 Å². The molecule has 0 fully saturated rings. The predicted octanol–water partition coefficient (Wildman–Crippen LogP) is 4.60. The van der Waals surface area contributed by atoms with Crippen LogP contribution in [0.2, 0.25) is 0 Å². The van der Waals surface area contributed by atoms with E-state index in [0.29, 0.717) is 23.8 Å². The number of carbonyl (C=O) groups excluding carboxylic acids is 1. The Morgan fingerprint density at radius 1 is 1.05 bits per heavy atom. The average molecular weight is 297 g/mol. The second-order valence-corrected chi connectivity index (χ2v) is 5.65. The van der Waals surface area contributed by atoms with E-state index >= 15 is 0 Å². The van der Waals surface area contributed by atoms with Crippen molar-refractivity contribution in [3.8, 4) is 11.5 Å². The minimum atomic E-state index is 0.0164. The first kappa shape index (κ1) is 16.1. The quantitative estimate of drug-likeness (QED) is 0.780. The first-order chi connectivity index (χ1) is 10.6. The van der Waals surface area contributed by atoms with Crippen LogP contribution >= 0.6 is 0 Å². The third kappa shape index (κ3) is 4.10. The molecule has 0 aliphatic rings. The molecule has 0 aliphatic carbocycles. The number of rotatable bonds is 6. The molecule has 0 unspecified atom stereocenters. The standard InChI is InChI=1S/C19H23NO2/c1-4-20(14-15(2)3)19(21)17-12-8-9-13-18(17)22-16-10-6-5-7-11-16/h5-13,15H,4,14H2,1-3H3. The predicted molar refractivity (Wildman–Crippen MR) is 89.4 cm³/mol. The van der Waals surface area contributed by atoms with Crippen LogP contribution < -0.4 is 4.74 Å². The van der Waals surface area contributed by atoms with E-state index in [9.17, 15) is 4.79 Å². The Hall–Kier alpha value is -2.29. The van der Waals surface area contributed by atoms with Gasteiger partial charge in [0.15, 0.2) is 0 Å². The maximum atomic E-state index is 12.8. The van der Waals surface area contributed by atoms with Gasteiger partial charge in [-0.05, 0) is 37.1 Å². The Balaban J connectivity index is 2.25. The van der Waals surface area contributed by atoms with E-state index in [1.165, 1.54) is 0 Å². The van der Waals surface area contributed by atoms with Crippen LogP contribution in [0.3, 0.4) is 0 Å². The topological polar surface area (TPSA) is 29.5 Å². The molecule has 2 rings (SSSR count). The molecule has 3 nitrogen and oxygen atoms in total. The van der Waals surface area contributed by atoms with Crippen LogP contribution in [0.4, 0.5) is 0 Å². The molecule has 0 aliphatic heterocycles. The largest absolute Gasteiger partial charge is 0.457 e. The summed E-state index contributed by atoms with van der Waals surface area (Å²) in [5, 5.41) is 0. The highest BCUT2D eigenvalue weighted by atomic mass is 16.5. The molecule has 0 N–H and O–H groups in total. The lowest BCUT2D eigenvalue weighted by Crippen LogP contribution is -2.34. The number of benzene rings is 2. The van der Waals surface area contributed by atoms with Gasteiger partial charge in [0, 0.05) is 13.1 Å². The molecule has 1 amide bonds. The van der Waals surface area contributed by atoms with E-state index < -0.39 is 0 Å². The lowest BCUT2D eigenvalue weighted by Gasteiger charge is -2.24. The van der Waals surface area contributed by atoms with E-state index in [2.05, 4.69) is 13.8 Å². The van der Waals surface area contributed by atoms with E-state index in [1.807, 2.05) is 66.4 Å². The van der Waals surface area contributed by atoms with E-state index in [-0.39, 0.29) is 5.91 Å². The van der Waals surface area contributed by atoms with Gasteiger partial charge < -0.3 is 9.64 Å². The van der Waals surface area contributed by atoms with Crippen LogP contribution in [0, 0.1) is 5.92 Å². The minimum Gasteiger partial charge on any atom is -0.457 e. The summed E-state index contributed by atoms with van der Waals surface area (Å²) in [5.41, 5.74) is 0.605. The molecule has 0 atom stereocenters. The Kier molecular flexibility index (Phi) is 5.59. The smallest absolute Gasteiger partial charge is 0.257 e. The second-order valence-electron chi connectivity index (χ2n) is 5.65. The summed E-state index contributed by atoms with van der Waals surface area (Å²) in [4.78, 5) is 14.6. The first-order valence-electron chi connectivity index (χ1n) is 7.73. The van der Waals surface area contributed by atoms with E-state index in [4.69, 9.17) is 4.74 Å². The average Bonchev–Trinajstić information content (AvgIpc) is 2.53. The molecular weight excluding hydrogens is 274 g/mol. The Morgan fingerprint density at radius 3 is 2.32 bits per heavy atom. The molecule has 0 bridgehead atoms. The lowest BCUT2D eigenvalue weighted by atomic mass is 10.1. The molecule has 3 heteroatoms. The molecule has 2 aromatic carbocycles. The maximum absolute atomic E-state index is 12.8. The third-order valence-corrected chi connectivity index (χ3v) is 3.34. The summed E-state index contributed by atoms with van der Waals surface area (Å²) < 4.78 is 5.88. The van der Waals surface area contributed by atoms with Crippen molar-refractivity contribution < 1.29 is 9.53 Å². The normalized spacial score (nSPS) is 10.5. The summed E-state index contributed by atoms with van der Waals surface area (Å²) in [6, 6.07) is 16.9. The number of ether oxygens (including phenoxy) is 1. The van der Waals surface area contributed by atoms with Crippen molar-refractivity contribution in [3.05, 3.63) is 60.2 Å². The molecule has 0 saturated carbocycles. The summed E-state index contributed by atoms with van der Waals surface area (Å²) in [5.74, 6) is 1.78. The fourth-order valence-corrected chi connectivity index (χ4v) is 2.31. The van der Waals surface area contributed by atoms with Gasteiger partial charge in [0.05, 0.1) is 5.56 Å². The highest BCUT2D eigenvalue weighted by molar-refractivity contribution is 5.97. The van der Waals surface area contributed by atoms with Gasteiger partial charge in [-0.3, -0.25) is 4.79 Å². The number of carbonyl (C=O) groups is 1. The fourth-order valence-electron chi connectivity index (χ4n) is 2.31. The zero-order valence-electron chi connectivity index (χ0n) is 13.5. The number of amides is 1. The molecule has 0 spiro atoms. The van der Waals surface area contributed by atoms with E-state index in [0.717, 1.165) is 12.3 Å². The SMILES string of the molecule is CCN(CC(C)C)C(=O)c1ccccc1Oc1ccccc1. The van der Waals surface area contributed by atoms with Crippen LogP contribution in [0.25, 0.3) is 0 Å². The highest BCUT2D eigenvalue weighted by Gasteiger charge is 2.19. The Morgan fingerprint density at radius 2 is 1.68 bits per heavy atom. The van der Waals surface area contributed by atoms with Gasteiger partial charge in [0.1, 0.15) is 11.5 Å². The van der Waals surface area contributed by atoms with Crippen LogP contribution in [0.5, 0.6) is 11.5 Å². The fraction of sp³-hybridized carbons (Fsp3) is 0.316. The molecular formula is C19H23NO2. The van der Waals surface area contributed by atoms with Crippen molar-refractivity contribution in [1.82, 2.24) is 4.90 Å². The van der Waals surface area contributed by atoms with Crippen molar-refractivity contribution in [3.63, 3.8) is 0 Å². The second kappa shape index (κ2) is 7.64. The van der Waals surface area contributed by atoms with Crippen LogP contribution in [0.1, 0.15) is 31.1 Å².